The van der Waals surface area contributed by atoms with Crippen LogP contribution in [0.2, 0.25) is 0 Å². The molecule has 0 bridgehead atoms. The van der Waals surface area contributed by atoms with Gasteiger partial charge >= 0.3 is 12.1 Å². The van der Waals surface area contributed by atoms with Gasteiger partial charge in [0.25, 0.3) is 0 Å². The van der Waals surface area contributed by atoms with Crippen molar-refractivity contribution in [2.75, 3.05) is 32.8 Å². The Morgan fingerprint density at radius 2 is 1.59 bits per heavy atom. The van der Waals surface area contributed by atoms with E-state index in [1.165, 1.54) is 0 Å². The van der Waals surface area contributed by atoms with Crippen LogP contribution >= 0.6 is 0 Å². The fourth-order valence-electron chi connectivity index (χ4n) is 4.30. The predicted molar refractivity (Wildman–Crippen MR) is 98.8 cm³/mol. The number of carbonyl (C=O) groups excluding carboxylic acids is 3. The molecule has 7 nitrogen and oxygen atoms in total. The fourth-order valence-corrected chi connectivity index (χ4v) is 4.30. The molecule has 0 radical (unpaired) electrons. The first kappa shape index (κ1) is 20.0. The van der Waals surface area contributed by atoms with Crippen LogP contribution in [0.25, 0.3) is 0 Å². The lowest BCUT2D eigenvalue weighted by molar-refractivity contribution is -0.162. The van der Waals surface area contributed by atoms with Crippen LogP contribution in [0.4, 0.5) is 4.79 Å². The molecule has 1 aliphatic carbocycles. The first-order chi connectivity index (χ1) is 12.4. The molecule has 3 aliphatic rings. The van der Waals surface area contributed by atoms with E-state index in [1.54, 1.807) is 11.8 Å². The maximum atomic E-state index is 12.7. The number of hydrogen-bond donors (Lipinski definition) is 0. The molecule has 27 heavy (non-hydrogen) atoms. The highest BCUT2D eigenvalue weighted by molar-refractivity contribution is 5.84. The Morgan fingerprint density at radius 1 is 1.04 bits per heavy atom. The fraction of sp³-hybridized carbons (Fsp3) is 0.850. The molecular weight excluding hydrogens is 348 g/mol. The topological polar surface area (TPSA) is 76.2 Å². The van der Waals surface area contributed by atoms with Gasteiger partial charge in [0, 0.05) is 37.5 Å². The number of likely N-dealkylation sites (tertiary alicyclic amines) is 2. The summed E-state index contributed by atoms with van der Waals surface area (Å²) in [6.07, 6.45) is 0.502. The quantitative estimate of drug-likeness (QED) is 0.702. The van der Waals surface area contributed by atoms with Crippen molar-refractivity contribution in [2.45, 2.75) is 53.6 Å². The number of rotatable bonds is 3. The third-order valence-electron chi connectivity index (χ3n) is 6.01. The van der Waals surface area contributed by atoms with E-state index in [1.807, 2.05) is 25.7 Å². The minimum absolute atomic E-state index is 0.0819. The minimum Gasteiger partial charge on any atom is -0.466 e. The van der Waals surface area contributed by atoms with Gasteiger partial charge in [-0.05, 0) is 39.5 Å². The Balaban J connectivity index is 1.69. The molecule has 1 spiro atoms. The van der Waals surface area contributed by atoms with Gasteiger partial charge in [0.15, 0.2) is 0 Å². The molecule has 2 heterocycles. The van der Waals surface area contributed by atoms with Gasteiger partial charge in [0.1, 0.15) is 5.60 Å². The standard InChI is InChI=1S/C20H32N2O5/c1-7-26-16(24)14-9-21(17(25)27-18(2,3)4)10-20(14)11-22(12-20)15(23)13-8-19(13,5)6/h13-14H,7-12H2,1-6H3. The van der Waals surface area contributed by atoms with Gasteiger partial charge in [0.2, 0.25) is 5.91 Å². The van der Waals surface area contributed by atoms with E-state index in [4.69, 9.17) is 9.47 Å². The summed E-state index contributed by atoms with van der Waals surface area (Å²) in [6, 6.07) is 0. The predicted octanol–water partition coefficient (Wildman–Crippen LogP) is 2.29. The second-order valence-corrected chi connectivity index (χ2v) is 9.97. The van der Waals surface area contributed by atoms with Gasteiger partial charge in [0.05, 0.1) is 12.5 Å². The SMILES string of the molecule is CCOC(=O)C1CN(C(=O)OC(C)(C)C)CC12CN(C(=O)C1CC1(C)C)C2. The second-order valence-electron chi connectivity index (χ2n) is 9.97. The van der Waals surface area contributed by atoms with Crippen molar-refractivity contribution in [1.29, 1.82) is 0 Å². The summed E-state index contributed by atoms with van der Waals surface area (Å²) in [6.45, 7) is 13.4. The molecule has 152 valence electrons. The highest BCUT2D eigenvalue weighted by atomic mass is 16.6. The second kappa shape index (κ2) is 6.38. The lowest BCUT2D eigenvalue weighted by Crippen LogP contribution is -2.63. The monoisotopic (exact) mass is 380 g/mol. The van der Waals surface area contributed by atoms with Crippen LogP contribution in [0.1, 0.15) is 48.0 Å². The molecule has 3 fully saturated rings. The number of carbonyl (C=O) groups is 3. The normalized spacial score (nSPS) is 27.9. The summed E-state index contributed by atoms with van der Waals surface area (Å²) in [7, 11) is 0. The summed E-state index contributed by atoms with van der Waals surface area (Å²) in [5.41, 5.74) is -0.929. The van der Waals surface area contributed by atoms with Gasteiger partial charge in [-0.15, -0.1) is 0 Å². The van der Waals surface area contributed by atoms with Crippen LogP contribution < -0.4 is 0 Å². The number of nitrogens with zero attached hydrogens (tertiary/aromatic N) is 2. The van der Waals surface area contributed by atoms with E-state index in [-0.39, 0.29) is 29.8 Å². The number of amides is 2. The molecule has 2 aliphatic heterocycles. The molecule has 1 saturated carbocycles. The van der Waals surface area contributed by atoms with Crippen molar-refractivity contribution >= 4 is 18.0 Å². The molecule has 0 aromatic heterocycles. The summed E-state index contributed by atoms with van der Waals surface area (Å²) >= 11 is 0. The Morgan fingerprint density at radius 3 is 2.07 bits per heavy atom. The highest BCUT2D eigenvalue weighted by Crippen LogP contribution is 2.54. The molecule has 7 heteroatoms. The number of esters is 1. The van der Waals surface area contributed by atoms with Crippen molar-refractivity contribution < 1.29 is 23.9 Å². The van der Waals surface area contributed by atoms with Crippen LogP contribution in [-0.4, -0.2) is 66.2 Å². The van der Waals surface area contributed by atoms with Crippen LogP contribution in [0.5, 0.6) is 0 Å². The van der Waals surface area contributed by atoms with Crippen LogP contribution in [0.3, 0.4) is 0 Å². The lowest BCUT2D eigenvalue weighted by atomic mass is 9.71. The van der Waals surface area contributed by atoms with Gasteiger partial charge in [-0.2, -0.15) is 0 Å². The summed E-state index contributed by atoms with van der Waals surface area (Å²) < 4.78 is 10.7. The summed E-state index contributed by atoms with van der Waals surface area (Å²) in [5.74, 6) is -0.452. The van der Waals surface area contributed by atoms with Gasteiger partial charge < -0.3 is 19.3 Å². The van der Waals surface area contributed by atoms with Crippen LogP contribution in [0.15, 0.2) is 0 Å². The highest BCUT2D eigenvalue weighted by Gasteiger charge is 2.62. The summed E-state index contributed by atoms with van der Waals surface area (Å²) in [4.78, 5) is 41.1. The molecule has 2 atom stereocenters. The van der Waals surface area contributed by atoms with Gasteiger partial charge in [-0.3, -0.25) is 9.59 Å². The third-order valence-corrected chi connectivity index (χ3v) is 6.01. The Bertz CT molecular complexity index is 645. The Labute approximate surface area is 161 Å². The van der Waals surface area contributed by atoms with Crippen LogP contribution in [-0.2, 0) is 19.1 Å². The maximum absolute atomic E-state index is 12.7. The van der Waals surface area contributed by atoms with E-state index < -0.39 is 23.0 Å². The van der Waals surface area contributed by atoms with Crippen molar-refractivity contribution in [1.82, 2.24) is 9.80 Å². The van der Waals surface area contributed by atoms with Crippen LogP contribution in [0, 0.1) is 22.7 Å². The average Bonchev–Trinajstić information content (AvgIpc) is 2.96. The zero-order valence-corrected chi connectivity index (χ0v) is 17.3. The van der Waals surface area contributed by atoms with E-state index in [9.17, 15) is 14.4 Å². The molecular formula is C20H32N2O5. The van der Waals surface area contributed by atoms with E-state index in [2.05, 4.69) is 13.8 Å². The largest absolute Gasteiger partial charge is 0.466 e. The Hall–Kier alpha value is -1.79. The van der Waals surface area contributed by atoms with Crippen molar-refractivity contribution in [2.24, 2.45) is 22.7 Å². The summed E-state index contributed by atoms with van der Waals surface area (Å²) in [5, 5.41) is 0. The first-order valence-corrected chi connectivity index (χ1v) is 9.82. The zero-order valence-electron chi connectivity index (χ0n) is 17.3. The minimum atomic E-state index is -0.592. The lowest BCUT2D eigenvalue weighted by Gasteiger charge is -2.50. The molecule has 0 aromatic rings. The Kier molecular flexibility index (Phi) is 4.72. The molecule has 0 aromatic carbocycles. The van der Waals surface area contributed by atoms with Crippen molar-refractivity contribution in [3.8, 4) is 0 Å². The van der Waals surface area contributed by atoms with Crippen molar-refractivity contribution in [3.05, 3.63) is 0 Å². The molecule has 3 rings (SSSR count). The van der Waals surface area contributed by atoms with Crippen molar-refractivity contribution in [3.63, 3.8) is 0 Å². The third kappa shape index (κ3) is 3.78. The number of hydrogen-bond acceptors (Lipinski definition) is 5. The van der Waals surface area contributed by atoms with Gasteiger partial charge in [-0.25, -0.2) is 4.79 Å². The average molecular weight is 380 g/mol. The van der Waals surface area contributed by atoms with Gasteiger partial charge in [-0.1, -0.05) is 13.8 Å². The molecule has 2 unspecified atom stereocenters. The van der Waals surface area contributed by atoms with E-state index in [0.717, 1.165) is 6.42 Å². The zero-order chi connectivity index (χ0) is 20.2. The smallest absolute Gasteiger partial charge is 0.410 e. The van der Waals surface area contributed by atoms with E-state index in [0.29, 0.717) is 26.2 Å². The van der Waals surface area contributed by atoms with E-state index >= 15 is 0 Å². The number of ether oxygens (including phenoxy) is 2. The molecule has 2 saturated heterocycles. The maximum Gasteiger partial charge on any atom is 0.410 e. The first-order valence-electron chi connectivity index (χ1n) is 9.82. The molecule has 0 N–H and O–H groups in total. The molecule has 2 amide bonds.